The number of piperidine rings is 1. The summed E-state index contributed by atoms with van der Waals surface area (Å²) in [6.07, 6.45) is 5.47. The Balaban J connectivity index is 1.57. The minimum atomic E-state index is 0.644. The van der Waals surface area contributed by atoms with Gasteiger partial charge in [0.25, 0.3) is 0 Å². The molecule has 0 spiro atoms. The number of aryl methyl sites for hydroxylation is 1. The molecule has 1 aromatic rings. The van der Waals surface area contributed by atoms with Gasteiger partial charge in [-0.2, -0.15) is 0 Å². The number of anilines is 1. The highest BCUT2D eigenvalue weighted by molar-refractivity contribution is 5.55. The van der Waals surface area contributed by atoms with Crippen LogP contribution in [0.1, 0.15) is 36.8 Å². The van der Waals surface area contributed by atoms with E-state index in [4.69, 9.17) is 5.73 Å². The fraction of sp³-hybridized carbons (Fsp3) is 0.667. The van der Waals surface area contributed by atoms with E-state index >= 15 is 0 Å². The number of benzene rings is 1. The molecule has 3 nitrogen and oxygen atoms in total. The van der Waals surface area contributed by atoms with Crippen molar-refractivity contribution >= 4 is 5.69 Å². The summed E-state index contributed by atoms with van der Waals surface area (Å²) in [6.45, 7) is 9.15. The fourth-order valence-electron chi connectivity index (χ4n) is 3.87. The van der Waals surface area contributed by atoms with Crippen molar-refractivity contribution in [2.24, 2.45) is 11.7 Å². The number of hydrogen-bond donors (Lipinski definition) is 1. The topological polar surface area (TPSA) is 32.5 Å². The lowest BCUT2D eigenvalue weighted by atomic mass is 9.95. The quantitative estimate of drug-likeness (QED) is 0.924. The molecular formula is C18H29N3. The minimum absolute atomic E-state index is 0.644. The monoisotopic (exact) mass is 287 g/mol. The van der Waals surface area contributed by atoms with Crippen molar-refractivity contribution in [3.05, 3.63) is 29.3 Å². The van der Waals surface area contributed by atoms with Crippen molar-refractivity contribution in [3.8, 4) is 0 Å². The molecule has 0 saturated carbocycles. The molecule has 0 bridgehead atoms. The molecule has 2 aliphatic rings. The Labute approximate surface area is 129 Å². The highest BCUT2D eigenvalue weighted by Crippen LogP contribution is 2.28. The number of nitrogens with two attached hydrogens (primary N) is 1. The summed E-state index contributed by atoms with van der Waals surface area (Å²) in [5.41, 5.74) is 9.90. The van der Waals surface area contributed by atoms with Crippen molar-refractivity contribution in [2.45, 2.75) is 39.2 Å². The average molecular weight is 287 g/mol. The molecule has 0 radical (unpaired) electrons. The maximum atomic E-state index is 5.93. The average Bonchev–Trinajstić information content (AvgIpc) is 3.01. The van der Waals surface area contributed by atoms with Crippen LogP contribution in [0.15, 0.2) is 18.2 Å². The summed E-state index contributed by atoms with van der Waals surface area (Å²) >= 11 is 0. The van der Waals surface area contributed by atoms with Gasteiger partial charge in [-0.3, -0.25) is 0 Å². The zero-order chi connectivity index (χ0) is 14.7. The summed E-state index contributed by atoms with van der Waals surface area (Å²) in [5, 5.41) is 0. The molecule has 0 atom stereocenters. The predicted octanol–water partition coefficient (Wildman–Crippen LogP) is 2.77. The summed E-state index contributed by atoms with van der Waals surface area (Å²) in [6, 6.07) is 6.72. The predicted molar refractivity (Wildman–Crippen MR) is 89.7 cm³/mol. The van der Waals surface area contributed by atoms with Crippen molar-refractivity contribution in [3.63, 3.8) is 0 Å². The van der Waals surface area contributed by atoms with E-state index in [-0.39, 0.29) is 0 Å². The van der Waals surface area contributed by atoms with Crippen LogP contribution in [0.3, 0.4) is 0 Å². The second-order valence-corrected chi connectivity index (χ2v) is 6.77. The fourth-order valence-corrected chi connectivity index (χ4v) is 3.87. The first-order chi connectivity index (χ1) is 10.3. The summed E-state index contributed by atoms with van der Waals surface area (Å²) in [4.78, 5) is 5.21. The van der Waals surface area contributed by atoms with Crippen LogP contribution >= 0.6 is 0 Å². The van der Waals surface area contributed by atoms with Crippen molar-refractivity contribution in [1.82, 2.24) is 4.90 Å². The molecule has 3 heteroatoms. The maximum absolute atomic E-state index is 5.93. The molecule has 21 heavy (non-hydrogen) atoms. The van der Waals surface area contributed by atoms with Crippen LogP contribution in [0.25, 0.3) is 0 Å². The number of hydrogen-bond acceptors (Lipinski definition) is 3. The smallest absolute Gasteiger partial charge is 0.0411 e. The first-order valence-electron chi connectivity index (χ1n) is 8.53. The van der Waals surface area contributed by atoms with E-state index in [1.165, 1.54) is 75.2 Å². The van der Waals surface area contributed by atoms with Gasteiger partial charge in [0.1, 0.15) is 0 Å². The molecule has 2 N–H and O–H groups in total. The normalized spacial score (nSPS) is 21.1. The van der Waals surface area contributed by atoms with Gasteiger partial charge in [0.15, 0.2) is 0 Å². The summed E-state index contributed by atoms with van der Waals surface area (Å²) in [5.74, 6) is 0.895. The number of rotatable bonds is 4. The molecule has 0 amide bonds. The Morgan fingerprint density at radius 2 is 1.81 bits per heavy atom. The van der Waals surface area contributed by atoms with Gasteiger partial charge in [-0.1, -0.05) is 17.7 Å². The molecule has 2 saturated heterocycles. The van der Waals surface area contributed by atoms with E-state index in [9.17, 15) is 0 Å². The lowest BCUT2D eigenvalue weighted by molar-refractivity contribution is 0.249. The van der Waals surface area contributed by atoms with E-state index in [1.54, 1.807) is 0 Å². The summed E-state index contributed by atoms with van der Waals surface area (Å²) in [7, 11) is 0. The summed E-state index contributed by atoms with van der Waals surface area (Å²) < 4.78 is 0. The van der Waals surface area contributed by atoms with Gasteiger partial charge in [0, 0.05) is 31.9 Å². The molecule has 1 aromatic carbocycles. The Morgan fingerprint density at radius 1 is 1.10 bits per heavy atom. The van der Waals surface area contributed by atoms with Gasteiger partial charge in [-0.05, 0) is 63.2 Å². The third-order valence-corrected chi connectivity index (χ3v) is 5.13. The van der Waals surface area contributed by atoms with Crippen molar-refractivity contribution in [2.75, 3.05) is 37.6 Å². The van der Waals surface area contributed by atoms with Gasteiger partial charge < -0.3 is 15.5 Å². The zero-order valence-corrected chi connectivity index (χ0v) is 13.4. The standard InChI is InChI=1S/C18H29N3/c1-15-4-5-18(17(12-15)13-19)21-10-6-16(7-11-21)14-20-8-2-3-9-20/h4-5,12,16H,2-3,6-11,13-14,19H2,1H3. The molecule has 0 unspecified atom stereocenters. The molecule has 116 valence electrons. The Hall–Kier alpha value is -1.06. The maximum Gasteiger partial charge on any atom is 0.0411 e. The first kappa shape index (κ1) is 14.9. The van der Waals surface area contributed by atoms with Crippen molar-refractivity contribution < 1.29 is 0 Å². The molecule has 2 heterocycles. The van der Waals surface area contributed by atoms with Crippen LogP contribution < -0.4 is 10.6 Å². The molecule has 2 aliphatic heterocycles. The van der Waals surface area contributed by atoms with E-state index < -0.39 is 0 Å². The second-order valence-electron chi connectivity index (χ2n) is 6.77. The minimum Gasteiger partial charge on any atom is -0.371 e. The largest absolute Gasteiger partial charge is 0.371 e. The molecule has 0 aliphatic carbocycles. The highest BCUT2D eigenvalue weighted by atomic mass is 15.2. The molecule has 3 rings (SSSR count). The Morgan fingerprint density at radius 3 is 2.48 bits per heavy atom. The third-order valence-electron chi connectivity index (χ3n) is 5.13. The van der Waals surface area contributed by atoms with E-state index in [2.05, 4.69) is 34.9 Å². The number of nitrogens with zero attached hydrogens (tertiary/aromatic N) is 2. The SMILES string of the molecule is Cc1ccc(N2CCC(CN3CCCC3)CC2)c(CN)c1. The zero-order valence-electron chi connectivity index (χ0n) is 13.4. The van der Waals surface area contributed by atoms with Gasteiger partial charge in [-0.25, -0.2) is 0 Å². The van der Waals surface area contributed by atoms with Crippen LogP contribution in [0, 0.1) is 12.8 Å². The van der Waals surface area contributed by atoms with Gasteiger partial charge in [-0.15, -0.1) is 0 Å². The van der Waals surface area contributed by atoms with Gasteiger partial charge in [0.05, 0.1) is 0 Å². The van der Waals surface area contributed by atoms with Crippen LogP contribution in [-0.2, 0) is 6.54 Å². The number of likely N-dealkylation sites (tertiary alicyclic amines) is 1. The third kappa shape index (κ3) is 3.58. The molecular weight excluding hydrogens is 258 g/mol. The van der Waals surface area contributed by atoms with E-state index in [0.29, 0.717) is 6.54 Å². The van der Waals surface area contributed by atoms with Crippen LogP contribution in [0.5, 0.6) is 0 Å². The van der Waals surface area contributed by atoms with Gasteiger partial charge in [0.2, 0.25) is 0 Å². The lowest BCUT2D eigenvalue weighted by Crippen LogP contribution is -2.38. The Kier molecular flexibility index (Phi) is 4.81. The van der Waals surface area contributed by atoms with E-state index in [0.717, 1.165) is 5.92 Å². The lowest BCUT2D eigenvalue weighted by Gasteiger charge is -2.36. The van der Waals surface area contributed by atoms with E-state index in [1.807, 2.05) is 0 Å². The van der Waals surface area contributed by atoms with Crippen LogP contribution in [-0.4, -0.2) is 37.6 Å². The Bertz CT molecular complexity index is 458. The van der Waals surface area contributed by atoms with Crippen molar-refractivity contribution in [1.29, 1.82) is 0 Å². The van der Waals surface area contributed by atoms with Crippen LogP contribution in [0.2, 0.25) is 0 Å². The first-order valence-corrected chi connectivity index (χ1v) is 8.53. The molecule has 2 fully saturated rings. The second kappa shape index (κ2) is 6.80. The molecule has 0 aromatic heterocycles. The highest BCUT2D eigenvalue weighted by Gasteiger charge is 2.23. The van der Waals surface area contributed by atoms with Gasteiger partial charge >= 0.3 is 0 Å². The van der Waals surface area contributed by atoms with Crippen LogP contribution in [0.4, 0.5) is 5.69 Å².